The Kier molecular flexibility index (Phi) is 6.32. The number of rotatable bonds is 7. The summed E-state index contributed by atoms with van der Waals surface area (Å²) in [5.41, 5.74) is 1.30. The van der Waals surface area contributed by atoms with Crippen LogP contribution in [0.4, 0.5) is 0 Å². The average Bonchev–Trinajstić information content (AvgIpc) is 2.31. The minimum absolute atomic E-state index is 0.208. The Morgan fingerprint density at radius 1 is 1.50 bits per heavy atom. The Morgan fingerprint density at radius 3 is 2.78 bits per heavy atom. The Bertz CT molecular complexity index is 409. The summed E-state index contributed by atoms with van der Waals surface area (Å²) in [6.45, 7) is 3.79. The Morgan fingerprint density at radius 2 is 2.22 bits per heavy atom. The molecule has 0 aliphatic rings. The van der Waals surface area contributed by atoms with Gasteiger partial charge in [0.2, 0.25) is 0 Å². The maximum absolute atomic E-state index is 10.8. The van der Waals surface area contributed by atoms with E-state index in [1.807, 2.05) is 0 Å². The fourth-order valence-electron chi connectivity index (χ4n) is 1.60. The van der Waals surface area contributed by atoms with Gasteiger partial charge in [0, 0.05) is 17.6 Å². The highest BCUT2D eigenvalue weighted by atomic mass is 79.9. The molecule has 0 heterocycles. The summed E-state index contributed by atoms with van der Waals surface area (Å²) in [6.07, 6.45) is 0.784. The van der Waals surface area contributed by atoms with Crippen molar-refractivity contribution < 1.29 is 15.0 Å². The third-order valence-corrected chi connectivity index (χ3v) is 3.47. The van der Waals surface area contributed by atoms with Gasteiger partial charge in [0.1, 0.15) is 0 Å². The molecule has 1 rings (SSSR count). The normalized spacial score (nSPS) is 12.4. The summed E-state index contributed by atoms with van der Waals surface area (Å²) in [7, 11) is 0. The van der Waals surface area contributed by atoms with Gasteiger partial charge in [-0.1, -0.05) is 28.9 Å². The lowest BCUT2D eigenvalue weighted by Crippen LogP contribution is -2.21. The second-order valence-electron chi connectivity index (χ2n) is 4.36. The Labute approximate surface area is 115 Å². The molecular weight excluding hydrogens is 298 g/mol. The van der Waals surface area contributed by atoms with Gasteiger partial charge in [-0.15, -0.1) is 0 Å². The number of hydrogen-bond acceptors (Lipinski definition) is 3. The molecule has 0 aromatic heterocycles. The molecule has 0 amide bonds. The monoisotopic (exact) mass is 315 g/mol. The minimum atomic E-state index is -0.924. The van der Waals surface area contributed by atoms with Crippen LogP contribution < -0.4 is 5.32 Å². The quantitative estimate of drug-likeness (QED) is 0.722. The second-order valence-corrected chi connectivity index (χ2v) is 5.21. The fraction of sp³-hybridized carbons (Fsp3) is 0.462. The molecule has 1 unspecified atom stereocenters. The first kappa shape index (κ1) is 15.1. The van der Waals surface area contributed by atoms with E-state index in [1.165, 1.54) is 0 Å². The number of aliphatic hydroxyl groups is 1. The topological polar surface area (TPSA) is 69.6 Å². The first-order valence-electron chi connectivity index (χ1n) is 5.88. The molecule has 0 bridgehead atoms. The molecule has 0 radical (unpaired) electrons. The van der Waals surface area contributed by atoms with Gasteiger partial charge in [0.25, 0.3) is 0 Å². The molecule has 0 aliphatic heterocycles. The van der Waals surface area contributed by atoms with Crippen molar-refractivity contribution >= 4 is 21.9 Å². The molecule has 0 aliphatic carbocycles. The van der Waals surface area contributed by atoms with Crippen LogP contribution in [0, 0.1) is 5.92 Å². The number of hydrogen-bond donors (Lipinski definition) is 3. The summed E-state index contributed by atoms with van der Waals surface area (Å²) in [5.74, 6) is -0.501. The molecule has 5 heteroatoms. The van der Waals surface area contributed by atoms with Crippen molar-refractivity contribution in [1.82, 2.24) is 5.32 Å². The highest BCUT2D eigenvalue weighted by molar-refractivity contribution is 9.10. The fourth-order valence-corrected chi connectivity index (χ4v) is 2.12. The molecule has 1 atom stereocenters. The number of halogens is 1. The number of benzene rings is 1. The first-order chi connectivity index (χ1) is 8.54. The van der Waals surface area contributed by atoms with Gasteiger partial charge < -0.3 is 15.5 Å². The van der Waals surface area contributed by atoms with Crippen molar-refractivity contribution in [2.45, 2.75) is 19.9 Å². The molecule has 0 saturated carbocycles. The van der Waals surface area contributed by atoms with E-state index in [4.69, 9.17) is 10.2 Å². The van der Waals surface area contributed by atoms with Crippen LogP contribution in [0.15, 0.2) is 22.7 Å². The van der Waals surface area contributed by atoms with Crippen LogP contribution in [0.25, 0.3) is 0 Å². The summed E-state index contributed by atoms with van der Waals surface area (Å²) in [4.78, 5) is 10.8. The zero-order chi connectivity index (χ0) is 13.5. The number of carbonyl (C=O) groups is 1. The van der Waals surface area contributed by atoms with Crippen LogP contribution in [-0.4, -0.2) is 29.3 Å². The maximum atomic E-state index is 10.8. The molecule has 4 nitrogen and oxygen atoms in total. The molecule has 100 valence electrons. The van der Waals surface area contributed by atoms with Crippen LogP contribution >= 0.6 is 15.9 Å². The van der Waals surface area contributed by atoms with Crippen molar-refractivity contribution in [2.75, 3.05) is 13.2 Å². The Balaban J connectivity index is 2.50. The minimum Gasteiger partial charge on any atom is -0.478 e. The summed E-state index contributed by atoms with van der Waals surface area (Å²) in [6, 6.07) is 5.01. The van der Waals surface area contributed by atoms with Crippen molar-refractivity contribution in [3.05, 3.63) is 33.8 Å². The van der Waals surface area contributed by atoms with E-state index in [0.29, 0.717) is 12.5 Å². The van der Waals surface area contributed by atoms with E-state index in [2.05, 4.69) is 28.2 Å². The lowest BCUT2D eigenvalue weighted by atomic mass is 10.1. The van der Waals surface area contributed by atoms with Gasteiger partial charge in [-0.05, 0) is 36.6 Å². The smallest absolute Gasteiger partial charge is 0.335 e. The first-order valence-corrected chi connectivity index (χ1v) is 6.67. The van der Waals surface area contributed by atoms with E-state index < -0.39 is 5.97 Å². The van der Waals surface area contributed by atoms with Gasteiger partial charge in [0.05, 0.1) is 5.56 Å². The van der Waals surface area contributed by atoms with Crippen molar-refractivity contribution in [3.63, 3.8) is 0 Å². The highest BCUT2D eigenvalue weighted by Gasteiger charge is 2.07. The van der Waals surface area contributed by atoms with Crippen molar-refractivity contribution in [2.24, 2.45) is 5.92 Å². The zero-order valence-electron chi connectivity index (χ0n) is 10.3. The van der Waals surface area contributed by atoms with Crippen LogP contribution in [-0.2, 0) is 6.54 Å². The Hall–Kier alpha value is -0.910. The summed E-state index contributed by atoms with van der Waals surface area (Å²) < 4.78 is 0.796. The van der Waals surface area contributed by atoms with E-state index in [9.17, 15) is 4.79 Å². The standard InChI is InChI=1S/C13H18BrNO3/c1-9(4-5-16)7-15-8-11-3-2-10(13(17)18)6-12(11)14/h2-3,6,9,15-16H,4-5,7-8H2,1H3,(H,17,18). The van der Waals surface area contributed by atoms with Crippen LogP contribution in [0.3, 0.4) is 0 Å². The van der Waals surface area contributed by atoms with Gasteiger partial charge in [-0.3, -0.25) is 0 Å². The van der Waals surface area contributed by atoms with Gasteiger partial charge in [-0.2, -0.15) is 0 Å². The summed E-state index contributed by atoms with van der Waals surface area (Å²) in [5, 5.41) is 20.9. The van der Waals surface area contributed by atoms with Gasteiger partial charge in [0.15, 0.2) is 0 Å². The third-order valence-electron chi connectivity index (χ3n) is 2.73. The predicted octanol–water partition coefficient (Wildman–Crippen LogP) is 2.26. The molecule has 0 spiro atoms. The number of carboxylic acid groups (broad SMARTS) is 1. The average molecular weight is 316 g/mol. The molecule has 1 aromatic rings. The van der Waals surface area contributed by atoms with E-state index >= 15 is 0 Å². The maximum Gasteiger partial charge on any atom is 0.335 e. The molecule has 0 saturated heterocycles. The van der Waals surface area contributed by atoms with Crippen LogP contribution in [0.2, 0.25) is 0 Å². The number of nitrogens with one attached hydrogen (secondary N) is 1. The van der Waals surface area contributed by atoms with E-state index in [-0.39, 0.29) is 12.2 Å². The number of aliphatic hydroxyl groups excluding tert-OH is 1. The summed E-state index contributed by atoms with van der Waals surface area (Å²) >= 11 is 3.37. The van der Waals surface area contributed by atoms with E-state index in [0.717, 1.165) is 23.0 Å². The lowest BCUT2D eigenvalue weighted by Gasteiger charge is -2.12. The molecule has 18 heavy (non-hydrogen) atoms. The second kappa shape index (κ2) is 7.51. The van der Waals surface area contributed by atoms with Crippen LogP contribution in [0.1, 0.15) is 29.3 Å². The SMILES string of the molecule is CC(CCO)CNCc1ccc(C(=O)O)cc1Br. The molecule has 1 aromatic carbocycles. The molecular formula is C13H18BrNO3. The predicted molar refractivity (Wildman–Crippen MR) is 73.7 cm³/mol. The van der Waals surface area contributed by atoms with Crippen LogP contribution in [0.5, 0.6) is 0 Å². The molecule has 0 fully saturated rings. The van der Waals surface area contributed by atoms with Gasteiger partial charge in [-0.25, -0.2) is 4.79 Å². The molecule has 3 N–H and O–H groups in total. The van der Waals surface area contributed by atoms with Crippen molar-refractivity contribution in [3.8, 4) is 0 Å². The lowest BCUT2D eigenvalue weighted by molar-refractivity contribution is 0.0697. The highest BCUT2D eigenvalue weighted by Crippen LogP contribution is 2.18. The van der Waals surface area contributed by atoms with Gasteiger partial charge >= 0.3 is 5.97 Å². The zero-order valence-corrected chi connectivity index (χ0v) is 11.9. The largest absolute Gasteiger partial charge is 0.478 e. The van der Waals surface area contributed by atoms with E-state index in [1.54, 1.807) is 18.2 Å². The van der Waals surface area contributed by atoms with Crippen molar-refractivity contribution in [1.29, 1.82) is 0 Å². The number of carboxylic acids is 1. The third kappa shape index (κ3) is 4.76. The number of aromatic carboxylic acids is 1.